The van der Waals surface area contributed by atoms with Crippen molar-refractivity contribution in [2.45, 2.75) is 39.5 Å². The minimum atomic E-state index is -0.175. The highest BCUT2D eigenvalue weighted by Gasteiger charge is 2.12. The zero-order valence-electron chi connectivity index (χ0n) is 18.1. The fraction of sp³-hybridized carbons (Fsp3) is 0.280. The van der Waals surface area contributed by atoms with Gasteiger partial charge in [0.1, 0.15) is 0 Å². The average molecular weight is 393 g/mol. The highest BCUT2D eigenvalue weighted by atomic mass is 16.2. The SMILES string of the molecule is C=CC(=O)N(C)c1ccccc1C(C)C.C=CC(=O)Nc1cccc(C(C)C)c1. The molecule has 4 heteroatoms. The monoisotopic (exact) mass is 392 g/mol. The molecule has 0 radical (unpaired) electrons. The third-order valence-electron chi connectivity index (χ3n) is 4.43. The van der Waals surface area contributed by atoms with E-state index in [1.807, 2.05) is 48.5 Å². The molecule has 0 fully saturated rings. The summed E-state index contributed by atoms with van der Waals surface area (Å²) in [5, 5.41) is 2.73. The molecule has 0 atom stereocenters. The van der Waals surface area contributed by atoms with E-state index in [9.17, 15) is 9.59 Å². The van der Waals surface area contributed by atoms with Crippen LogP contribution in [0.1, 0.15) is 50.7 Å². The lowest BCUT2D eigenvalue weighted by Gasteiger charge is -2.20. The number of nitrogens with zero attached hydrogens (tertiary/aromatic N) is 1. The van der Waals surface area contributed by atoms with Gasteiger partial charge in [-0.2, -0.15) is 0 Å². The van der Waals surface area contributed by atoms with Crippen molar-refractivity contribution in [3.63, 3.8) is 0 Å². The molecule has 0 aliphatic rings. The summed E-state index contributed by atoms with van der Waals surface area (Å²) in [6.45, 7) is 15.4. The maximum Gasteiger partial charge on any atom is 0.250 e. The van der Waals surface area contributed by atoms with Crippen LogP contribution in [0.2, 0.25) is 0 Å². The van der Waals surface area contributed by atoms with Crippen LogP contribution in [0.15, 0.2) is 73.8 Å². The van der Waals surface area contributed by atoms with E-state index >= 15 is 0 Å². The Morgan fingerprint density at radius 2 is 1.59 bits per heavy atom. The first kappa shape index (κ1) is 23.9. The number of hydrogen-bond acceptors (Lipinski definition) is 2. The molecular formula is C25H32N2O2. The lowest BCUT2D eigenvalue weighted by atomic mass is 10.0. The molecule has 0 heterocycles. The number of carbonyl (C=O) groups excluding carboxylic acids is 2. The Labute approximate surface area is 174 Å². The van der Waals surface area contributed by atoms with Gasteiger partial charge in [0, 0.05) is 18.4 Å². The lowest BCUT2D eigenvalue weighted by molar-refractivity contribution is -0.114. The number of benzene rings is 2. The number of likely N-dealkylation sites (N-methyl/N-ethyl adjacent to an activating group) is 1. The summed E-state index contributed by atoms with van der Waals surface area (Å²) < 4.78 is 0. The third kappa shape index (κ3) is 7.41. The van der Waals surface area contributed by atoms with Gasteiger partial charge < -0.3 is 10.2 Å². The van der Waals surface area contributed by atoms with E-state index in [0.717, 1.165) is 11.4 Å². The number of carbonyl (C=O) groups is 2. The molecule has 0 bridgehead atoms. The van der Waals surface area contributed by atoms with Gasteiger partial charge in [-0.05, 0) is 53.3 Å². The fourth-order valence-corrected chi connectivity index (χ4v) is 2.71. The second kappa shape index (κ2) is 11.6. The Morgan fingerprint density at radius 1 is 0.931 bits per heavy atom. The highest BCUT2D eigenvalue weighted by Crippen LogP contribution is 2.26. The molecule has 2 aromatic rings. The van der Waals surface area contributed by atoms with Crippen LogP contribution in [-0.2, 0) is 9.59 Å². The van der Waals surface area contributed by atoms with Gasteiger partial charge >= 0.3 is 0 Å². The summed E-state index contributed by atoms with van der Waals surface area (Å²) in [6, 6.07) is 15.8. The quantitative estimate of drug-likeness (QED) is 0.623. The first-order valence-corrected chi connectivity index (χ1v) is 9.73. The predicted molar refractivity (Wildman–Crippen MR) is 123 cm³/mol. The van der Waals surface area contributed by atoms with Gasteiger partial charge in [0.25, 0.3) is 0 Å². The van der Waals surface area contributed by atoms with Gasteiger partial charge in [0.15, 0.2) is 0 Å². The largest absolute Gasteiger partial charge is 0.323 e. The number of anilines is 2. The molecule has 0 aliphatic carbocycles. The van der Waals surface area contributed by atoms with Crippen LogP contribution in [-0.4, -0.2) is 18.9 Å². The number of nitrogens with one attached hydrogen (secondary N) is 1. The van der Waals surface area contributed by atoms with Crippen molar-refractivity contribution < 1.29 is 9.59 Å². The summed E-state index contributed by atoms with van der Waals surface area (Å²) in [5.74, 6) is 0.617. The Kier molecular flexibility index (Phi) is 9.60. The molecule has 0 aliphatic heterocycles. The van der Waals surface area contributed by atoms with E-state index in [0.29, 0.717) is 11.8 Å². The second-order valence-corrected chi connectivity index (χ2v) is 7.29. The molecule has 0 saturated heterocycles. The molecule has 0 spiro atoms. The van der Waals surface area contributed by atoms with Crippen LogP contribution in [0.3, 0.4) is 0 Å². The van der Waals surface area contributed by atoms with Gasteiger partial charge in [0.2, 0.25) is 11.8 Å². The Morgan fingerprint density at radius 3 is 2.14 bits per heavy atom. The van der Waals surface area contributed by atoms with Crippen LogP contribution in [0, 0.1) is 0 Å². The lowest BCUT2D eigenvalue weighted by Crippen LogP contribution is -2.25. The van der Waals surface area contributed by atoms with Crippen molar-refractivity contribution in [2.75, 3.05) is 17.3 Å². The van der Waals surface area contributed by atoms with Crippen LogP contribution >= 0.6 is 0 Å². The minimum Gasteiger partial charge on any atom is -0.323 e. The van der Waals surface area contributed by atoms with Gasteiger partial charge in [-0.15, -0.1) is 0 Å². The number of amides is 2. The summed E-state index contributed by atoms with van der Waals surface area (Å²) in [4.78, 5) is 24.2. The molecular weight excluding hydrogens is 360 g/mol. The number of rotatable bonds is 6. The van der Waals surface area contributed by atoms with Crippen molar-refractivity contribution in [1.29, 1.82) is 0 Å². The Bertz CT molecular complexity index is 853. The third-order valence-corrected chi connectivity index (χ3v) is 4.43. The Balaban J connectivity index is 0.000000291. The van der Waals surface area contributed by atoms with Crippen molar-refractivity contribution in [3.8, 4) is 0 Å². The zero-order valence-corrected chi connectivity index (χ0v) is 18.1. The normalized spacial score (nSPS) is 10.0. The average Bonchev–Trinajstić information content (AvgIpc) is 2.73. The molecule has 2 rings (SSSR count). The van der Waals surface area contributed by atoms with E-state index in [4.69, 9.17) is 0 Å². The van der Waals surface area contributed by atoms with Crippen LogP contribution in [0.5, 0.6) is 0 Å². The molecule has 0 unspecified atom stereocenters. The summed E-state index contributed by atoms with van der Waals surface area (Å²) in [7, 11) is 1.77. The molecule has 1 N–H and O–H groups in total. The van der Waals surface area contributed by atoms with Gasteiger partial charge in [-0.1, -0.05) is 71.2 Å². The molecule has 0 aromatic heterocycles. The molecule has 29 heavy (non-hydrogen) atoms. The summed E-state index contributed by atoms with van der Waals surface area (Å²) in [5.41, 5.74) is 4.17. The van der Waals surface area contributed by atoms with Crippen LogP contribution in [0.25, 0.3) is 0 Å². The number of hydrogen-bond donors (Lipinski definition) is 1. The van der Waals surface area contributed by atoms with Crippen molar-refractivity contribution >= 4 is 23.2 Å². The van der Waals surface area contributed by atoms with Gasteiger partial charge in [-0.3, -0.25) is 9.59 Å². The van der Waals surface area contributed by atoms with E-state index in [-0.39, 0.29) is 11.8 Å². The second-order valence-electron chi connectivity index (χ2n) is 7.29. The van der Waals surface area contributed by atoms with E-state index in [1.165, 1.54) is 23.3 Å². The molecule has 0 saturated carbocycles. The predicted octanol–water partition coefficient (Wildman–Crippen LogP) is 5.89. The first-order valence-electron chi connectivity index (χ1n) is 9.73. The van der Waals surface area contributed by atoms with Crippen molar-refractivity contribution in [1.82, 2.24) is 0 Å². The maximum atomic E-state index is 11.5. The van der Waals surface area contributed by atoms with E-state index in [2.05, 4.69) is 46.2 Å². The molecule has 154 valence electrons. The summed E-state index contributed by atoms with van der Waals surface area (Å²) in [6.07, 6.45) is 2.60. The molecule has 2 amide bonds. The van der Waals surface area contributed by atoms with Crippen molar-refractivity contribution in [2.24, 2.45) is 0 Å². The fourth-order valence-electron chi connectivity index (χ4n) is 2.71. The van der Waals surface area contributed by atoms with Crippen LogP contribution in [0.4, 0.5) is 11.4 Å². The van der Waals surface area contributed by atoms with Crippen LogP contribution < -0.4 is 10.2 Å². The van der Waals surface area contributed by atoms with Gasteiger partial charge in [-0.25, -0.2) is 0 Å². The Hall–Kier alpha value is -3.14. The highest BCUT2D eigenvalue weighted by molar-refractivity contribution is 6.01. The topological polar surface area (TPSA) is 49.4 Å². The first-order chi connectivity index (χ1) is 13.7. The van der Waals surface area contributed by atoms with E-state index in [1.54, 1.807) is 11.9 Å². The molecule has 2 aromatic carbocycles. The van der Waals surface area contributed by atoms with E-state index < -0.39 is 0 Å². The smallest absolute Gasteiger partial charge is 0.250 e. The zero-order chi connectivity index (χ0) is 22.0. The standard InChI is InChI=1S/C13H17NO.C12H15NO/c1-5-13(15)14(4)12-9-7-6-8-11(12)10(2)3;1-4-12(14)13-11-7-5-6-10(8-11)9(2)3/h5-10H,1H2,2-4H3;4-9H,1H2,2-3H3,(H,13,14). The van der Waals surface area contributed by atoms with Gasteiger partial charge in [0.05, 0.1) is 0 Å². The minimum absolute atomic E-state index is 0.0805. The van der Waals surface area contributed by atoms with Crippen molar-refractivity contribution in [3.05, 3.63) is 85.0 Å². The summed E-state index contributed by atoms with van der Waals surface area (Å²) >= 11 is 0. The number of para-hydroxylation sites is 1. The molecule has 4 nitrogen and oxygen atoms in total. The maximum absolute atomic E-state index is 11.5.